The molecule has 110 valence electrons. The molecular formula is C16H20N4O. The van der Waals surface area contributed by atoms with Gasteiger partial charge in [0.2, 0.25) is 5.91 Å². The fourth-order valence-corrected chi connectivity index (χ4v) is 3.05. The summed E-state index contributed by atoms with van der Waals surface area (Å²) in [7, 11) is 0. The monoisotopic (exact) mass is 284 g/mol. The van der Waals surface area contributed by atoms with Crippen molar-refractivity contribution in [3.8, 4) is 0 Å². The van der Waals surface area contributed by atoms with Crippen LogP contribution in [0.25, 0.3) is 0 Å². The minimum absolute atomic E-state index is 0.0753. The number of aryl methyl sites for hydroxylation is 1. The number of rotatable bonds is 3. The highest BCUT2D eigenvalue weighted by Gasteiger charge is 2.32. The van der Waals surface area contributed by atoms with Gasteiger partial charge in [0.1, 0.15) is 6.54 Å². The molecule has 0 saturated heterocycles. The molecule has 0 spiro atoms. The van der Waals surface area contributed by atoms with Crippen LogP contribution in [-0.4, -0.2) is 26.9 Å². The van der Waals surface area contributed by atoms with Crippen LogP contribution in [0.5, 0.6) is 0 Å². The summed E-state index contributed by atoms with van der Waals surface area (Å²) in [6.45, 7) is 4.58. The predicted molar refractivity (Wildman–Crippen MR) is 80.9 cm³/mol. The number of nitrogens with zero attached hydrogens (tertiary/aromatic N) is 4. The average Bonchev–Trinajstić information content (AvgIpc) is 2.98. The highest BCUT2D eigenvalue weighted by molar-refractivity contribution is 5.95. The van der Waals surface area contributed by atoms with E-state index in [0.717, 1.165) is 18.5 Å². The lowest BCUT2D eigenvalue weighted by Gasteiger charge is -2.39. The summed E-state index contributed by atoms with van der Waals surface area (Å²) >= 11 is 0. The summed E-state index contributed by atoms with van der Waals surface area (Å²) < 4.78 is 1.58. The Kier molecular flexibility index (Phi) is 3.73. The van der Waals surface area contributed by atoms with Crippen molar-refractivity contribution in [3.63, 3.8) is 0 Å². The van der Waals surface area contributed by atoms with Crippen LogP contribution in [0, 0.1) is 5.92 Å². The van der Waals surface area contributed by atoms with Crippen LogP contribution >= 0.6 is 0 Å². The third-order valence-electron chi connectivity index (χ3n) is 4.10. The maximum absolute atomic E-state index is 12.8. The van der Waals surface area contributed by atoms with Crippen LogP contribution in [0.3, 0.4) is 0 Å². The Labute approximate surface area is 124 Å². The van der Waals surface area contributed by atoms with Crippen molar-refractivity contribution in [2.75, 3.05) is 4.90 Å². The molecule has 1 aromatic heterocycles. The van der Waals surface area contributed by atoms with Gasteiger partial charge >= 0.3 is 0 Å². The molecule has 2 aromatic rings. The number of hydrogen-bond donors (Lipinski definition) is 0. The molecule has 0 bridgehead atoms. The van der Waals surface area contributed by atoms with Gasteiger partial charge in [-0.2, -0.15) is 0 Å². The standard InChI is InChI=1S/C16H20N4O/c1-12(2)14-8-7-13-5-3-4-6-15(13)20(14)16(21)11-19-10-9-17-18-19/h3-6,9-10,12,14H,7-8,11H2,1-2H3. The van der Waals surface area contributed by atoms with Crippen LogP contribution in [0.1, 0.15) is 25.8 Å². The number of hydrogen-bond acceptors (Lipinski definition) is 3. The largest absolute Gasteiger partial charge is 0.307 e. The molecule has 0 N–H and O–H groups in total. The molecule has 21 heavy (non-hydrogen) atoms. The van der Waals surface area contributed by atoms with Crippen molar-refractivity contribution < 1.29 is 4.79 Å². The van der Waals surface area contributed by atoms with E-state index in [1.54, 1.807) is 17.1 Å². The Bertz CT molecular complexity index is 621. The first-order valence-corrected chi connectivity index (χ1v) is 7.41. The van der Waals surface area contributed by atoms with Crippen molar-refractivity contribution in [1.29, 1.82) is 0 Å². The summed E-state index contributed by atoms with van der Waals surface area (Å²) in [6.07, 6.45) is 5.36. The van der Waals surface area contributed by atoms with E-state index in [4.69, 9.17) is 0 Å². The lowest BCUT2D eigenvalue weighted by atomic mass is 9.89. The molecule has 5 nitrogen and oxygen atoms in total. The first kappa shape index (κ1) is 13.8. The molecule has 0 radical (unpaired) electrons. The topological polar surface area (TPSA) is 51.0 Å². The summed E-state index contributed by atoms with van der Waals surface area (Å²) in [4.78, 5) is 14.7. The van der Waals surface area contributed by atoms with Crippen LogP contribution in [0.15, 0.2) is 36.7 Å². The van der Waals surface area contributed by atoms with Crippen LogP contribution in [0.4, 0.5) is 5.69 Å². The van der Waals surface area contributed by atoms with Gasteiger partial charge in [-0.25, -0.2) is 4.68 Å². The predicted octanol–water partition coefficient (Wildman–Crippen LogP) is 2.28. The van der Waals surface area contributed by atoms with Crippen molar-refractivity contribution in [2.24, 2.45) is 5.92 Å². The van der Waals surface area contributed by atoms with Gasteiger partial charge in [-0.15, -0.1) is 5.10 Å². The second kappa shape index (κ2) is 5.68. The van der Waals surface area contributed by atoms with E-state index in [9.17, 15) is 4.79 Å². The van der Waals surface area contributed by atoms with E-state index in [1.807, 2.05) is 23.1 Å². The van der Waals surface area contributed by atoms with E-state index < -0.39 is 0 Å². The minimum Gasteiger partial charge on any atom is -0.307 e. The fourth-order valence-electron chi connectivity index (χ4n) is 3.05. The van der Waals surface area contributed by atoms with Crippen LogP contribution < -0.4 is 4.90 Å². The molecule has 1 aliphatic rings. The average molecular weight is 284 g/mol. The normalized spacial score (nSPS) is 17.9. The first-order valence-electron chi connectivity index (χ1n) is 7.41. The van der Waals surface area contributed by atoms with Crippen molar-refractivity contribution in [3.05, 3.63) is 42.2 Å². The summed E-state index contributed by atoms with van der Waals surface area (Å²) in [5.41, 5.74) is 2.30. The van der Waals surface area contributed by atoms with Crippen molar-refractivity contribution >= 4 is 11.6 Å². The van der Waals surface area contributed by atoms with E-state index >= 15 is 0 Å². The molecular weight excluding hydrogens is 264 g/mol. The number of carbonyl (C=O) groups excluding carboxylic acids is 1. The third kappa shape index (κ3) is 2.68. The van der Waals surface area contributed by atoms with Gasteiger partial charge in [-0.1, -0.05) is 37.3 Å². The van der Waals surface area contributed by atoms with Gasteiger partial charge < -0.3 is 4.90 Å². The highest BCUT2D eigenvalue weighted by Crippen LogP contribution is 2.33. The lowest BCUT2D eigenvalue weighted by Crippen LogP contribution is -2.47. The Morgan fingerprint density at radius 2 is 2.19 bits per heavy atom. The zero-order chi connectivity index (χ0) is 14.8. The first-order chi connectivity index (χ1) is 10.2. The molecule has 1 aliphatic heterocycles. The molecule has 0 fully saturated rings. The zero-order valence-corrected chi connectivity index (χ0v) is 12.4. The van der Waals surface area contributed by atoms with E-state index in [-0.39, 0.29) is 18.5 Å². The van der Waals surface area contributed by atoms with E-state index in [0.29, 0.717) is 5.92 Å². The molecule has 3 rings (SSSR count). The summed E-state index contributed by atoms with van der Waals surface area (Å²) in [5.74, 6) is 0.504. The second-order valence-corrected chi connectivity index (χ2v) is 5.84. The van der Waals surface area contributed by atoms with Gasteiger partial charge in [0.25, 0.3) is 0 Å². The number of carbonyl (C=O) groups is 1. The van der Waals surface area contributed by atoms with Gasteiger partial charge in [0.15, 0.2) is 0 Å². The van der Waals surface area contributed by atoms with E-state index in [2.05, 4.69) is 30.2 Å². The third-order valence-corrected chi connectivity index (χ3v) is 4.10. The maximum atomic E-state index is 12.8. The molecule has 5 heteroatoms. The number of benzene rings is 1. The Morgan fingerprint density at radius 3 is 2.90 bits per heavy atom. The van der Waals surface area contributed by atoms with Crippen LogP contribution in [-0.2, 0) is 17.8 Å². The molecule has 2 heterocycles. The molecule has 0 saturated carbocycles. The van der Waals surface area contributed by atoms with E-state index in [1.165, 1.54) is 5.56 Å². The van der Waals surface area contributed by atoms with Gasteiger partial charge in [0.05, 0.1) is 6.20 Å². The fraction of sp³-hybridized carbons (Fsp3) is 0.438. The minimum atomic E-state index is 0.0753. The summed E-state index contributed by atoms with van der Waals surface area (Å²) in [5, 5.41) is 7.66. The SMILES string of the molecule is CC(C)C1CCc2ccccc2N1C(=O)Cn1ccnn1. The number of para-hydroxylation sites is 1. The number of anilines is 1. The number of amides is 1. The second-order valence-electron chi connectivity index (χ2n) is 5.84. The maximum Gasteiger partial charge on any atom is 0.249 e. The smallest absolute Gasteiger partial charge is 0.249 e. The summed E-state index contributed by atoms with van der Waals surface area (Å²) in [6, 6.07) is 8.44. The van der Waals surface area contributed by atoms with Crippen molar-refractivity contribution in [1.82, 2.24) is 15.0 Å². The molecule has 1 amide bonds. The van der Waals surface area contributed by atoms with Gasteiger partial charge in [-0.05, 0) is 30.4 Å². The molecule has 1 aromatic carbocycles. The molecule has 1 atom stereocenters. The number of aromatic nitrogens is 3. The van der Waals surface area contributed by atoms with Gasteiger partial charge in [0, 0.05) is 17.9 Å². The zero-order valence-electron chi connectivity index (χ0n) is 12.4. The van der Waals surface area contributed by atoms with Crippen LogP contribution in [0.2, 0.25) is 0 Å². The molecule has 1 unspecified atom stereocenters. The van der Waals surface area contributed by atoms with Gasteiger partial charge in [-0.3, -0.25) is 4.79 Å². The Balaban J connectivity index is 1.93. The highest BCUT2D eigenvalue weighted by atomic mass is 16.2. The Morgan fingerprint density at radius 1 is 1.38 bits per heavy atom. The number of fused-ring (bicyclic) bond motifs is 1. The quantitative estimate of drug-likeness (QED) is 0.869. The van der Waals surface area contributed by atoms with Crippen molar-refractivity contribution in [2.45, 2.75) is 39.3 Å². The Hall–Kier alpha value is -2.17. The molecule has 0 aliphatic carbocycles. The lowest BCUT2D eigenvalue weighted by molar-refractivity contribution is -0.120.